The number of carbonyl (C=O) groups is 1. The van der Waals surface area contributed by atoms with Crippen LogP contribution >= 0.6 is 11.3 Å². The summed E-state index contributed by atoms with van der Waals surface area (Å²) in [6, 6.07) is 19.8. The van der Waals surface area contributed by atoms with Crippen molar-refractivity contribution in [3.63, 3.8) is 0 Å². The number of hydrogen-bond acceptors (Lipinski definition) is 8. The van der Waals surface area contributed by atoms with Crippen LogP contribution in [0, 0.1) is 0 Å². The molecule has 11 heteroatoms. The molecule has 4 aromatic rings. The van der Waals surface area contributed by atoms with Crippen molar-refractivity contribution in [2.24, 2.45) is 0 Å². The maximum Gasteiger partial charge on any atom is 0.264 e. The number of hydrogen-bond donors (Lipinski definition) is 1. The second kappa shape index (κ2) is 11.7. The number of anilines is 2. The molecule has 3 heterocycles. The van der Waals surface area contributed by atoms with Crippen LogP contribution in [0.3, 0.4) is 0 Å². The van der Waals surface area contributed by atoms with Gasteiger partial charge in [0.25, 0.3) is 15.9 Å². The summed E-state index contributed by atoms with van der Waals surface area (Å²) in [4.78, 5) is 22.4. The molecule has 0 saturated carbocycles. The average Bonchev–Trinajstić information content (AvgIpc) is 3.62. The summed E-state index contributed by atoms with van der Waals surface area (Å²) in [6.07, 6.45) is 0.697. The highest BCUT2D eigenvalue weighted by Gasteiger charge is 2.30. The first-order valence-corrected chi connectivity index (χ1v) is 16.2. The van der Waals surface area contributed by atoms with Crippen LogP contribution in [0.4, 0.5) is 10.8 Å². The van der Waals surface area contributed by atoms with Gasteiger partial charge in [0.1, 0.15) is 5.75 Å². The van der Waals surface area contributed by atoms with Gasteiger partial charge in [-0.2, -0.15) is 0 Å². The smallest absolute Gasteiger partial charge is 0.264 e. The number of fused-ring (bicyclic) bond motifs is 2. The van der Waals surface area contributed by atoms with Gasteiger partial charge in [-0.15, -0.1) is 0 Å². The summed E-state index contributed by atoms with van der Waals surface area (Å²) in [7, 11) is -3.68. The van der Waals surface area contributed by atoms with E-state index in [-0.39, 0.29) is 10.8 Å². The molecule has 3 aromatic carbocycles. The number of nitrogens with one attached hydrogen (secondary N) is 1. The van der Waals surface area contributed by atoms with Gasteiger partial charge in [-0.3, -0.25) is 14.0 Å². The Morgan fingerprint density at radius 2 is 1.78 bits per heavy atom. The fraction of sp³-hybridized carbons (Fsp3) is 0.333. The van der Waals surface area contributed by atoms with Crippen molar-refractivity contribution in [2.45, 2.75) is 18.2 Å². The number of nitrogens with zero attached hydrogens (tertiary/aromatic N) is 4. The van der Waals surface area contributed by atoms with Crippen LogP contribution < -0.4 is 19.3 Å². The summed E-state index contributed by atoms with van der Waals surface area (Å²) >= 11 is 1.69. The standard InChI is InChI=1S/C30H33N5O4S2/c1-2-39-24-9-12-26-28(21-24)40-30(32-26)34-19-17-33(18-20-34)16-14-31-29(36)23-7-10-25(11-8-23)41(37,38)35-15-13-22-5-3-4-6-27(22)35/h3-12,21H,2,13-20H2,1H3,(H,31,36). The van der Waals surface area contributed by atoms with E-state index in [0.717, 1.165) is 65.1 Å². The lowest BCUT2D eigenvalue weighted by molar-refractivity contribution is 0.0947. The number of para-hydroxylation sites is 1. The third-order valence-electron chi connectivity index (χ3n) is 7.57. The SMILES string of the molecule is CCOc1ccc2nc(N3CCN(CCNC(=O)c4ccc(S(=O)(=O)N5CCc6ccccc65)cc4)CC3)sc2c1. The van der Waals surface area contributed by atoms with Crippen molar-refractivity contribution in [1.82, 2.24) is 15.2 Å². The Balaban J connectivity index is 0.981. The Bertz CT molecular complexity index is 1650. The van der Waals surface area contributed by atoms with Crippen molar-refractivity contribution in [2.75, 3.05) is 61.6 Å². The van der Waals surface area contributed by atoms with Crippen LogP contribution in [0.2, 0.25) is 0 Å². The normalized spacial score (nSPS) is 15.7. The number of carbonyl (C=O) groups excluding carboxylic acids is 1. The maximum absolute atomic E-state index is 13.2. The van der Waals surface area contributed by atoms with Gasteiger partial charge < -0.3 is 15.0 Å². The molecule has 0 spiro atoms. The van der Waals surface area contributed by atoms with Gasteiger partial charge in [-0.05, 0) is 67.4 Å². The Morgan fingerprint density at radius 1 is 1.00 bits per heavy atom. The van der Waals surface area contributed by atoms with Crippen LogP contribution in [-0.4, -0.2) is 76.6 Å². The van der Waals surface area contributed by atoms with Crippen LogP contribution in [0.5, 0.6) is 5.75 Å². The minimum Gasteiger partial charge on any atom is -0.494 e. The summed E-state index contributed by atoms with van der Waals surface area (Å²) in [5.41, 5.74) is 3.19. The Hall–Kier alpha value is -3.67. The monoisotopic (exact) mass is 591 g/mol. The minimum absolute atomic E-state index is 0.187. The molecule has 0 aliphatic carbocycles. The highest BCUT2D eigenvalue weighted by molar-refractivity contribution is 7.92. The largest absolute Gasteiger partial charge is 0.494 e. The number of rotatable bonds is 9. The van der Waals surface area contributed by atoms with Gasteiger partial charge in [0.15, 0.2) is 5.13 Å². The molecule has 2 aliphatic rings. The second-order valence-corrected chi connectivity index (χ2v) is 13.0. The van der Waals surface area contributed by atoms with Crippen LogP contribution in [0.1, 0.15) is 22.8 Å². The average molecular weight is 592 g/mol. The van der Waals surface area contributed by atoms with E-state index < -0.39 is 10.0 Å². The van der Waals surface area contributed by atoms with Gasteiger partial charge in [-0.1, -0.05) is 29.5 Å². The third kappa shape index (κ3) is 5.74. The van der Waals surface area contributed by atoms with Gasteiger partial charge in [-0.25, -0.2) is 13.4 Å². The van der Waals surface area contributed by atoms with Crippen LogP contribution in [0.15, 0.2) is 71.6 Å². The van der Waals surface area contributed by atoms with Crippen molar-refractivity contribution in [3.8, 4) is 5.75 Å². The van der Waals surface area contributed by atoms with Gasteiger partial charge in [0.2, 0.25) is 0 Å². The number of thiazole rings is 1. The molecule has 214 valence electrons. The van der Waals surface area contributed by atoms with E-state index in [9.17, 15) is 13.2 Å². The molecule has 1 aromatic heterocycles. The Labute approximate surface area is 244 Å². The van der Waals surface area contributed by atoms with E-state index >= 15 is 0 Å². The van der Waals surface area contributed by atoms with Crippen LogP contribution in [0.25, 0.3) is 10.2 Å². The van der Waals surface area contributed by atoms with Crippen LogP contribution in [-0.2, 0) is 16.4 Å². The van der Waals surface area contributed by atoms with Gasteiger partial charge in [0.05, 0.1) is 27.4 Å². The Morgan fingerprint density at radius 3 is 2.56 bits per heavy atom. The third-order valence-corrected chi connectivity index (χ3v) is 10.5. The molecule has 1 saturated heterocycles. The Kier molecular flexibility index (Phi) is 7.83. The zero-order valence-corrected chi connectivity index (χ0v) is 24.6. The lowest BCUT2D eigenvalue weighted by Crippen LogP contribution is -2.48. The van der Waals surface area contributed by atoms with E-state index in [2.05, 4.69) is 21.2 Å². The lowest BCUT2D eigenvalue weighted by Gasteiger charge is -2.34. The quantitative estimate of drug-likeness (QED) is 0.315. The van der Waals surface area contributed by atoms with Crippen molar-refractivity contribution in [3.05, 3.63) is 77.9 Å². The number of benzene rings is 3. The van der Waals surface area contributed by atoms with E-state index in [1.807, 2.05) is 43.3 Å². The molecule has 2 aliphatic heterocycles. The summed E-state index contributed by atoms with van der Waals surface area (Å²) < 4.78 is 34.7. The van der Waals surface area contributed by atoms with Crippen molar-refractivity contribution < 1.29 is 17.9 Å². The predicted octanol–water partition coefficient (Wildman–Crippen LogP) is 4.00. The minimum atomic E-state index is -3.68. The zero-order chi connectivity index (χ0) is 28.4. The lowest BCUT2D eigenvalue weighted by atomic mass is 10.2. The molecule has 1 N–H and O–H groups in total. The molecular formula is C30H33N5O4S2. The van der Waals surface area contributed by atoms with Crippen molar-refractivity contribution >= 4 is 48.3 Å². The second-order valence-electron chi connectivity index (χ2n) is 10.1. The molecule has 6 rings (SSSR count). The number of piperazine rings is 1. The van der Waals surface area contributed by atoms with E-state index in [0.29, 0.717) is 31.7 Å². The van der Waals surface area contributed by atoms with E-state index in [4.69, 9.17) is 9.72 Å². The highest BCUT2D eigenvalue weighted by atomic mass is 32.2. The number of amides is 1. The number of ether oxygens (including phenoxy) is 1. The topological polar surface area (TPSA) is 95.1 Å². The maximum atomic E-state index is 13.2. The van der Waals surface area contributed by atoms with E-state index in [1.165, 1.54) is 16.4 Å². The zero-order valence-electron chi connectivity index (χ0n) is 23.0. The molecule has 9 nitrogen and oxygen atoms in total. The number of sulfonamides is 1. The molecule has 41 heavy (non-hydrogen) atoms. The summed E-state index contributed by atoms with van der Waals surface area (Å²) in [5.74, 6) is 0.663. The summed E-state index contributed by atoms with van der Waals surface area (Å²) in [5, 5.41) is 4.00. The van der Waals surface area contributed by atoms with Gasteiger partial charge >= 0.3 is 0 Å². The molecule has 1 fully saturated rings. The molecule has 0 unspecified atom stereocenters. The predicted molar refractivity (Wildman–Crippen MR) is 163 cm³/mol. The van der Waals surface area contributed by atoms with Crippen molar-refractivity contribution in [1.29, 1.82) is 0 Å². The fourth-order valence-electron chi connectivity index (χ4n) is 5.34. The summed E-state index contributed by atoms with van der Waals surface area (Å²) in [6.45, 7) is 7.85. The fourth-order valence-corrected chi connectivity index (χ4v) is 7.89. The highest BCUT2D eigenvalue weighted by Crippen LogP contribution is 2.33. The first kappa shape index (κ1) is 27.5. The first-order valence-electron chi connectivity index (χ1n) is 13.9. The molecule has 0 bridgehead atoms. The van der Waals surface area contributed by atoms with E-state index in [1.54, 1.807) is 23.5 Å². The molecule has 0 radical (unpaired) electrons. The molecule has 0 atom stereocenters. The first-order chi connectivity index (χ1) is 19.9. The van der Waals surface area contributed by atoms with Gasteiger partial charge in [0, 0.05) is 51.4 Å². The number of aromatic nitrogens is 1. The molecule has 1 amide bonds. The molecular weight excluding hydrogens is 558 g/mol.